The maximum atomic E-state index is 13.3. The van der Waals surface area contributed by atoms with Gasteiger partial charge in [-0.15, -0.1) is 0 Å². The van der Waals surface area contributed by atoms with E-state index in [0.717, 1.165) is 17.5 Å². The summed E-state index contributed by atoms with van der Waals surface area (Å²) in [6.07, 6.45) is 6.32. The minimum atomic E-state index is -0.0000789. The molecule has 1 fully saturated rings. The van der Waals surface area contributed by atoms with E-state index in [1.165, 1.54) is 0 Å². The third-order valence-electron chi connectivity index (χ3n) is 5.00. The molecule has 1 aliphatic rings. The van der Waals surface area contributed by atoms with Crippen LogP contribution in [0, 0.1) is 0 Å². The van der Waals surface area contributed by atoms with Gasteiger partial charge in [-0.1, -0.05) is 37.3 Å². The number of morpholine rings is 1. The van der Waals surface area contributed by atoms with E-state index >= 15 is 0 Å². The maximum Gasteiger partial charge on any atom is 0.257 e. The summed E-state index contributed by atoms with van der Waals surface area (Å²) in [5.74, 6) is -0.0000789. The van der Waals surface area contributed by atoms with Crippen LogP contribution in [0.15, 0.2) is 61.1 Å². The highest BCUT2D eigenvalue weighted by Crippen LogP contribution is 2.24. The Labute approximate surface area is 164 Å². The first-order chi connectivity index (χ1) is 13.7. The van der Waals surface area contributed by atoms with Gasteiger partial charge in [-0.3, -0.25) is 14.5 Å². The fraction of sp³-hybridized carbons (Fsp3) is 0.318. The quantitative estimate of drug-likeness (QED) is 0.686. The first-order valence-electron chi connectivity index (χ1n) is 9.67. The predicted molar refractivity (Wildman–Crippen MR) is 107 cm³/mol. The third kappa shape index (κ3) is 3.97. The largest absolute Gasteiger partial charge is 0.375 e. The Morgan fingerprint density at radius 2 is 2.07 bits per heavy atom. The van der Waals surface area contributed by atoms with Crippen molar-refractivity contribution in [3.63, 3.8) is 0 Å². The zero-order valence-corrected chi connectivity index (χ0v) is 16.0. The molecule has 3 aromatic rings. The average molecular weight is 376 g/mol. The first-order valence-corrected chi connectivity index (χ1v) is 9.67. The average Bonchev–Trinajstić information content (AvgIpc) is 3.18. The Balaban J connectivity index is 1.67. The van der Waals surface area contributed by atoms with E-state index in [-0.39, 0.29) is 12.0 Å². The van der Waals surface area contributed by atoms with Gasteiger partial charge in [-0.2, -0.15) is 5.10 Å². The predicted octanol–water partition coefficient (Wildman–Crippen LogP) is 3.24. The number of aromatic nitrogens is 3. The topological polar surface area (TPSA) is 60.2 Å². The molecule has 6 heteroatoms. The van der Waals surface area contributed by atoms with Crippen LogP contribution in [0.5, 0.6) is 0 Å². The van der Waals surface area contributed by atoms with Crippen LogP contribution in [0.4, 0.5) is 0 Å². The molecule has 144 valence electrons. The molecular formula is C22H24N4O2. The van der Waals surface area contributed by atoms with Gasteiger partial charge < -0.3 is 9.64 Å². The number of carbonyl (C=O) groups is 1. The SMILES string of the molecule is CC[C@@H]1CN(C(=O)c2cn(Cc3ccccc3)nc2-c2cccnc2)CCO1. The van der Waals surface area contributed by atoms with Crippen LogP contribution in [0.25, 0.3) is 11.3 Å². The monoisotopic (exact) mass is 376 g/mol. The van der Waals surface area contributed by atoms with Gasteiger partial charge >= 0.3 is 0 Å². The Morgan fingerprint density at radius 1 is 1.21 bits per heavy atom. The minimum absolute atomic E-state index is 0.0000789. The molecular weight excluding hydrogens is 352 g/mol. The molecule has 2 aromatic heterocycles. The summed E-state index contributed by atoms with van der Waals surface area (Å²) in [5, 5.41) is 4.73. The van der Waals surface area contributed by atoms with Crippen molar-refractivity contribution >= 4 is 5.91 Å². The molecule has 0 bridgehead atoms. The normalized spacial score (nSPS) is 16.9. The Kier molecular flexibility index (Phi) is 5.48. The van der Waals surface area contributed by atoms with Crippen molar-refractivity contribution < 1.29 is 9.53 Å². The fourth-order valence-corrected chi connectivity index (χ4v) is 3.47. The van der Waals surface area contributed by atoms with Gasteiger partial charge in [-0.05, 0) is 24.1 Å². The van der Waals surface area contributed by atoms with Crippen LogP contribution in [-0.2, 0) is 11.3 Å². The number of hydrogen-bond donors (Lipinski definition) is 0. The number of amides is 1. The summed E-state index contributed by atoms with van der Waals surface area (Å²) in [4.78, 5) is 19.4. The van der Waals surface area contributed by atoms with Crippen LogP contribution in [0.2, 0.25) is 0 Å². The number of ether oxygens (including phenoxy) is 1. The second-order valence-corrected chi connectivity index (χ2v) is 6.97. The molecule has 6 nitrogen and oxygen atoms in total. The molecule has 1 amide bonds. The van der Waals surface area contributed by atoms with Gasteiger partial charge in [0.2, 0.25) is 0 Å². The maximum absolute atomic E-state index is 13.3. The van der Waals surface area contributed by atoms with Gasteiger partial charge in [0.15, 0.2) is 0 Å². The molecule has 1 aliphatic heterocycles. The number of carbonyl (C=O) groups excluding carboxylic acids is 1. The molecule has 3 heterocycles. The number of pyridine rings is 1. The minimum Gasteiger partial charge on any atom is -0.375 e. The molecule has 28 heavy (non-hydrogen) atoms. The van der Waals surface area contributed by atoms with Crippen LogP contribution < -0.4 is 0 Å². The highest BCUT2D eigenvalue weighted by atomic mass is 16.5. The molecule has 4 rings (SSSR count). The van der Waals surface area contributed by atoms with Crippen LogP contribution >= 0.6 is 0 Å². The lowest BCUT2D eigenvalue weighted by atomic mass is 10.1. The molecule has 0 unspecified atom stereocenters. The van der Waals surface area contributed by atoms with E-state index in [0.29, 0.717) is 37.5 Å². The molecule has 1 aromatic carbocycles. The summed E-state index contributed by atoms with van der Waals surface area (Å²) in [7, 11) is 0. The standard InChI is InChI=1S/C22H24N4O2/c1-2-19-15-25(11-12-28-19)22(27)20-16-26(14-17-7-4-3-5-8-17)24-21(20)18-9-6-10-23-13-18/h3-10,13,16,19H,2,11-12,14-15H2,1H3/t19-/m1/s1. The van der Waals surface area contributed by atoms with Crippen molar-refractivity contribution in [1.82, 2.24) is 19.7 Å². The smallest absolute Gasteiger partial charge is 0.257 e. The molecule has 1 saturated heterocycles. The van der Waals surface area contributed by atoms with Crippen LogP contribution in [0.3, 0.4) is 0 Å². The van der Waals surface area contributed by atoms with Gasteiger partial charge in [0.25, 0.3) is 5.91 Å². The van der Waals surface area contributed by atoms with Gasteiger partial charge in [0.1, 0.15) is 5.69 Å². The number of benzene rings is 1. The molecule has 0 N–H and O–H groups in total. The molecule has 0 saturated carbocycles. The van der Waals surface area contributed by atoms with E-state index in [1.807, 2.05) is 46.1 Å². The summed E-state index contributed by atoms with van der Waals surface area (Å²) in [6, 6.07) is 13.9. The summed E-state index contributed by atoms with van der Waals surface area (Å²) < 4.78 is 7.55. The van der Waals surface area contributed by atoms with Gasteiger partial charge in [0.05, 0.1) is 24.8 Å². The Hall–Kier alpha value is -2.99. The molecule has 0 radical (unpaired) electrons. The summed E-state index contributed by atoms with van der Waals surface area (Å²) in [6.45, 7) is 4.49. The highest BCUT2D eigenvalue weighted by Gasteiger charge is 2.27. The van der Waals surface area contributed by atoms with E-state index in [1.54, 1.807) is 12.4 Å². The summed E-state index contributed by atoms with van der Waals surface area (Å²) in [5.41, 5.74) is 3.27. The van der Waals surface area contributed by atoms with E-state index in [4.69, 9.17) is 9.84 Å². The van der Waals surface area contributed by atoms with E-state index in [9.17, 15) is 4.79 Å². The fourth-order valence-electron chi connectivity index (χ4n) is 3.47. The number of rotatable bonds is 5. The number of nitrogens with zero attached hydrogens (tertiary/aromatic N) is 4. The van der Waals surface area contributed by atoms with Gasteiger partial charge in [-0.25, -0.2) is 0 Å². The van der Waals surface area contributed by atoms with Crippen molar-refractivity contribution in [2.24, 2.45) is 0 Å². The van der Waals surface area contributed by atoms with Gasteiger partial charge in [0, 0.05) is 37.2 Å². The van der Waals surface area contributed by atoms with Crippen molar-refractivity contribution in [3.8, 4) is 11.3 Å². The lowest BCUT2D eigenvalue weighted by molar-refractivity contribution is -0.0226. The highest BCUT2D eigenvalue weighted by molar-refractivity contribution is 5.99. The summed E-state index contributed by atoms with van der Waals surface area (Å²) >= 11 is 0. The second kappa shape index (κ2) is 8.35. The molecule has 0 spiro atoms. The van der Waals surface area contributed by atoms with Crippen LogP contribution in [0.1, 0.15) is 29.3 Å². The zero-order valence-electron chi connectivity index (χ0n) is 16.0. The van der Waals surface area contributed by atoms with Crippen molar-refractivity contribution in [1.29, 1.82) is 0 Å². The molecule has 1 atom stereocenters. The Morgan fingerprint density at radius 3 is 2.82 bits per heavy atom. The Bertz CT molecular complexity index is 924. The van der Waals surface area contributed by atoms with Crippen LogP contribution in [-0.4, -0.2) is 51.4 Å². The first kappa shape index (κ1) is 18.4. The number of hydrogen-bond acceptors (Lipinski definition) is 4. The van der Waals surface area contributed by atoms with Crippen molar-refractivity contribution in [2.75, 3.05) is 19.7 Å². The second-order valence-electron chi connectivity index (χ2n) is 6.97. The van der Waals surface area contributed by atoms with E-state index < -0.39 is 0 Å². The lowest BCUT2D eigenvalue weighted by Crippen LogP contribution is -2.45. The molecule has 0 aliphatic carbocycles. The third-order valence-corrected chi connectivity index (χ3v) is 5.00. The van der Waals surface area contributed by atoms with E-state index in [2.05, 4.69) is 24.0 Å². The van der Waals surface area contributed by atoms with Crippen molar-refractivity contribution in [2.45, 2.75) is 26.0 Å². The van der Waals surface area contributed by atoms with Crippen molar-refractivity contribution in [3.05, 3.63) is 72.2 Å². The lowest BCUT2D eigenvalue weighted by Gasteiger charge is -2.32. The zero-order chi connectivity index (χ0) is 19.3.